The molecule has 0 aliphatic heterocycles. The maximum Gasteiger partial charge on any atom is 0.260 e. The summed E-state index contributed by atoms with van der Waals surface area (Å²) >= 11 is 8.58. The van der Waals surface area contributed by atoms with Gasteiger partial charge in [-0.1, -0.05) is 41.9 Å². The third-order valence-corrected chi connectivity index (χ3v) is 4.64. The molecule has 1 heterocycles. The standard InChI is InChI=1S/C17H13ClIN3O/c1-11-15(17(23)20-14-10-6-5-9-13(14)19)16(18)22(21-11)12-7-3-2-4-8-12/h2-10H,1H3,(H,20,23). The highest BCUT2D eigenvalue weighted by atomic mass is 127. The van der Waals surface area contributed by atoms with E-state index in [0.717, 1.165) is 14.9 Å². The molecule has 1 aromatic heterocycles. The van der Waals surface area contributed by atoms with Crippen LogP contribution in [0.15, 0.2) is 54.6 Å². The van der Waals surface area contributed by atoms with Crippen molar-refractivity contribution in [1.82, 2.24) is 9.78 Å². The van der Waals surface area contributed by atoms with Crippen LogP contribution in [0, 0.1) is 10.5 Å². The first-order valence-corrected chi connectivity index (χ1v) is 8.40. The summed E-state index contributed by atoms with van der Waals surface area (Å²) in [7, 11) is 0. The Labute approximate surface area is 152 Å². The zero-order chi connectivity index (χ0) is 16.4. The van der Waals surface area contributed by atoms with Crippen LogP contribution < -0.4 is 5.32 Å². The average Bonchev–Trinajstić information content (AvgIpc) is 2.85. The second kappa shape index (κ2) is 6.72. The Hall–Kier alpha value is -1.86. The lowest BCUT2D eigenvalue weighted by molar-refractivity contribution is 0.102. The summed E-state index contributed by atoms with van der Waals surface area (Å²) in [6, 6.07) is 17.1. The number of aromatic nitrogens is 2. The Balaban J connectivity index is 1.96. The monoisotopic (exact) mass is 437 g/mol. The van der Waals surface area contributed by atoms with Crippen LogP contribution in [0.2, 0.25) is 5.15 Å². The Bertz CT molecular complexity index is 862. The summed E-state index contributed by atoms with van der Waals surface area (Å²) in [6.45, 7) is 1.77. The van der Waals surface area contributed by atoms with Crippen LogP contribution in [-0.4, -0.2) is 15.7 Å². The lowest BCUT2D eigenvalue weighted by Crippen LogP contribution is -2.14. The molecular formula is C17H13ClIN3O. The Morgan fingerprint density at radius 1 is 1.13 bits per heavy atom. The first-order chi connectivity index (χ1) is 11.1. The van der Waals surface area contributed by atoms with Crippen molar-refractivity contribution in [3.8, 4) is 5.69 Å². The van der Waals surface area contributed by atoms with Gasteiger partial charge in [-0.25, -0.2) is 4.68 Å². The minimum Gasteiger partial charge on any atom is -0.321 e. The highest BCUT2D eigenvalue weighted by Gasteiger charge is 2.21. The number of carbonyl (C=O) groups excluding carboxylic acids is 1. The molecule has 0 bridgehead atoms. The molecule has 2 aromatic carbocycles. The van der Waals surface area contributed by atoms with Crippen LogP contribution in [0.4, 0.5) is 5.69 Å². The van der Waals surface area contributed by atoms with Crippen molar-refractivity contribution < 1.29 is 4.79 Å². The van der Waals surface area contributed by atoms with Crippen molar-refractivity contribution >= 4 is 45.8 Å². The first kappa shape index (κ1) is 16.0. The van der Waals surface area contributed by atoms with Gasteiger partial charge in [-0.05, 0) is 53.8 Å². The third-order valence-electron chi connectivity index (χ3n) is 3.35. The predicted octanol–water partition coefficient (Wildman–Crippen LogP) is 4.69. The van der Waals surface area contributed by atoms with Gasteiger partial charge in [-0.3, -0.25) is 4.79 Å². The van der Waals surface area contributed by atoms with Gasteiger partial charge < -0.3 is 5.32 Å². The van der Waals surface area contributed by atoms with Crippen LogP contribution in [0.1, 0.15) is 16.1 Å². The first-order valence-electron chi connectivity index (χ1n) is 6.94. The van der Waals surface area contributed by atoms with Gasteiger partial charge in [-0.15, -0.1) is 0 Å². The van der Waals surface area contributed by atoms with Crippen molar-refractivity contribution in [3.63, 3.8) is 0 Å². The van der Waals surface area contributed by atoms with E-state index in [1.54, 1.807) is 11.6 Å². The summed E-state index contributed by atoms with van der Waals surface area (Å²) in [6.07, 6.45) is 0. The quantitative estimate of drug-likeness (QED) is 0.604. The number of anilines is 1. The van der Waals surface area contributed by atoms with E-state index in [0.29, 0.717) is 16.4 Å². The Morgan fingerprint density at radius 2 is 1.78 bits per heavy atom. The van der Waals surface area contributed by atoms with Crippen LogP contribution >= 0.6 is 34.2 Å². The molecule has 0 spiro atoms. The molecule has 0 unspecified atom stereocenters. The normalized spacial score (nSPS) is 10.6. The van der Waals surface area contributed by atoms with Crippen molar-refractivity contribution in [1.29, 1.82) is 0 Å². The summed E-state index contributed by atoms with van der Waals surface area (Å²) in [5.74, 6) is -0.265. The van der Waals surface area contributed by atoms with Crippen LogP contribution in [0.25, 0.3) is 5.69 Å². The smallest absolute Gasteiger partial charge is 0.260 e. The van der Waals surface area contributed by atoms with E-state index in [4.69, 9.17) is 11.6 Å². The Kier molecular flexibility index (Phi) is 4.68. The molecule has 6 heteroatoms. The van der Waals surface area contributed by atoms with E-state index < -0.39 is 0 Å². The zero-order valence-corrected chi connectivity index (χ0v) is 15.2. The number of carbonyl (C=O) groups is 1. The molecule has 0 saturated carbocycles. The molecule has 1 amide bonds. The highest BCUT2D eigenvalue weighted by Crippen LogP contribution is 2.25. The van der Waals surface area contributed by atoms with Crippen LogP contribution in [0.5, 0.6) is 0 Å². The van der Waals surface area contributed by atoms with E-state index in [1.807, 2.05) is 54.6 Å². The average molecular weight is 438 g/mol. The zero-order valence-electron chi connectivity index (χ0n) is 12.3. The molecule has 0 radical (unpaired) electrons. The van der Waals surface area contributed by atoms with Crippen molar-refractivity contribution in [2.45, 2.75) is 6.92 Å². The van der Waals surface area contributed by atoms with Crippen LogP contribution in [-0.2, 0) is 0 Å². The van der Waals surface area contributed by atoms with Gasteiger partial charge in [0.05, 0.1) is 17.1 Å². The minimum absolute atomic E-state index is 0.265. The third kappa shape index (κ3) is 3.25. The molecule has 0 aliphatic carbocycles. The molecule has 4 nitrogen and oxygen atoms in total. The summed E-state index contributed by atoms with van der Waals surface area (Å²) in [5.41, 5.74) is 2.53. The fraction of sp³-hybridized carbons (Fsp3) is 0.0588. The van der Waals surface area contributed by atoms with Crippen LogP contribution in [0.3, 0.4) is 0 Å². The highest BCUT2D eigenvalue weighted by molar-refractivity contribution is 14.1. The number of hydrogen-bond acceptors (Lipinski definition) is 2. The van der Waals surface area contributed by atoms with E-state index in [2.05, 4.69) is 33.0 Å². The van der Waals surface area contributed by atoms with Gasteiger partial charge in [0, 0.05) is 3.57 Å². The predicted molar refractivity (Wildman–Crippen MR) is 100 cm³/mol. The number of para-hydroxylation sites is 2. The number of amides is 1. The topological polar surface area (TPSA) is 46.9 Å². The van der Waals surface area contributed by atoms with Gasteiger partial charge in [0.2, 0.25) is 0 Å². The SMILES string of the molecule is Cc1nn(-c2ccccc2)c(Cl)c1C(=O)Nc1ccccc1I. The summed E-state index contributed by atoms with van der Waals surface area (Å²) in [4.78, 5) is 12.6. The fourth-order valence-electron chi connectivity index (χ4n) is 2.24. The maximum atomic E-state index is 12.6. The van der Waals surface area contributed by atoms with Crippen molar-refractivity contribution in [3.05, 3.63) is 74.6 Å². The second-order valence-corrected chi connectivity index (χ2v) is 6.45. The van der Waals surface area contributed by atoms with E-state index >= 15 is 0 Å². The molecule has 23 heavy (non-hydrogen) atoms. The molecule has 0 atom stereocenters. The molecule has 0 aliphatic rings. The van der Waals surface area contributed by atoms with E-state index in [1.165, 1.54) is 0 Å². The maximum absolute atomic E-state index is 12.6. The molecular weight excluding hydrogens is 425 g/mol. The lowest BCUT2D eigenvalue weighted by atomic mass is 10.2. The second-order valence-electron chi connectivity index (χ2n) is 4.93. The van der Waals surface area contributed by atoms with E-state index in [9.17, 15) is 4.79 Å². The van der Waals surface area contributed by atoms with Gasteiger partial charge in [-0.2, -0.15) is 5.10 Å². The fourth-order valence-corrected chi connectivity index (χ4v) is 3.12. The van der Waals surface area contributed by atoms with Crippen molar-refractivity contribution in [2.24, 2.45) is 0 Å². The molecule has 0 fully saturated rings. The number of aryl methyl sites for hydroxylation is 1. The number of hydrogen-bond donors (Lipinski definition) is 1. The summed E-state index contributed by atoms with van der Waals surface area (Å²) in [5, 5.41) is 7.58. The molecule has 0 saturated heterocycles. The number of halogens is 2. The number of nitrogens with zero attached hydrogens (tertiary/aromatic N) is 2. The molecule has 3 aromatic rings. The molecule has 3 rings (SSSR count). The minimum atomic E-state index is -0.265. The number of rotatable bonds is 3. The number of nitrogens with one attached hydrogen (secondary N) is 1. The number of benzene rings is 2. The van der Waals surface area contributed by atoms with Gasteiger partial charge >= 0.3 is 0 Å². The van der Waals surface area contributed by atoms with Gasteiger partial charge in [0.15, 0.2) is 0 Å². The van der Waals surface area contributed by atoms with Gasteiger partial charge in [0.25, 0.3) is 5.91 Å². The van der Waals surface area contributed by atoms with Crippen molar-refractivity contribution in [2.75, 3.05) is 5.32 Å². The summed E-state index contributed by atoms with van der Waals surface area (Å²) < 4.78 is 2.53. The van der Waals surface area contributed by atoms with Gasteiger partial charge in [0.1, 0.15) is 10.7 Å². The lowest BCUT2D eigenvalue weighted by Gasteiger charge is -2.07. The molecule has 1 N–H and O–H groups in total. The Morgan fingerprint density at radius 3 is 2.48 bits per heavy atom. The molecule has 116 valence electrons. The largest absolute Gasteiger partial charge is 0.321 e. The van der Waals surface area contributed by atoms with E-state index in [-0.39, 0.29) is 5.91 Å².